The van der Waals surface area contributed by atoms with Crippen LogP contribution in [0.1, 0.15) is 25.0 Å². The second-order valence-corrected chi connectivity index (χ2v) is 9.59. The van der Waals surface area contributed by atoms with Crippen molar-refractivity contribution in [3.63, 3.8) is 0 Å². The molecule has 0 aromatic heterocycles. The third kappa shape index (κ3) is 7.28. The number of thioether (sulfide) groups is 1. The first-order valence-corrected chi connectivity index (χ1v) is 12.1. The predicted octanol–water partition coefficient (Wildman–Crippen LogP) is 6.85. The molecule has 2 aromatic carbocycles. The monoisotopic (exact) mass is 544 g/mol. The van der Waals surface area contributed by atoms with Crippen molar-refractivity contribution in [3.05, 3.63) is 56.6 Å². The topological polar surface area (TPSA) is 95.7 Å². The number of nitrogens with zero attached hydrogens (tertiary/aromatic N) is 1. The summed E-state index contributed by atoms with van der Waals surface area (Å²) in [6, 6.07) is 4.73. The molecule has 0 bridgehead atoms. The molecule has 0 heterocycles. The van der Waals surface area contributed by atoms with Gasteiger partial charge in [-0.15, -0.1) is 16.1 Å². The van der Waals surface area contributed by atoms with Crippen LogP contribution in [-0.2, 0) is 26.5 Å². The van der Waals surface area contributed by atoms with Crippen LogP contribution in [-0.4, -0.2) is 21.4 Å². The number of alkyl halides is 4. The number of nitro benzene ring substituents is 1. The molecule has 14 heteroatoms. The van der Waals surface area contributed by atoms with Crippen LogP contribution in [0.25, 0.3) is 0 Å². The van der Waals surface area contributed by atoms with Gasteiger partial charge in [-0.2, -0.15) is 13.2 Å². The lowest BCUT2D eigenvalue weighted by atomic mass is 10.1. The van der Waals surface area contributed by atoms with E-state index in [1.807, 2.05) is 0 Å². The molecule has 0 amide bonds. The fourth-order valence-electron chi connectivity index (χ4n) is 2.57. The molecule has 0 aliphatic rings. The summed E-state index contributed by atoms with van der Waals surface area (Å²) in [5.74, 6) is -0.428. The first kappa shape index (κ1) is 27.3. The number of benzene rings is 2. The van der Waals surface area contributed by atoms with Crippen LogP contribution in [0.5, 0.6) is 11.5 Å². The molecule has 0 N–H and O–H groups in total. The minimum absolute atomic E-state index is 0.00356. The molecule has 0 spiro atoms. The Kier molecular flexibility index (Phi) is 9.51. The van der Waals surface area contributed by atoms with Gasteiger partial charge < -0.3 is 4.74 Å². The molecular formula is C19H16Cl2F3NO6PS+. The number of carbonyl (C=O) groups excluding carboxylic acids is 1. The van der Waals surface area contributed by atoms with Crippen LogP contribution in [0.4, 0.5) is 18.9 Å². The summed E-state index contributed by atoms with van der Waals surface area (Å²) in [7, 11) is -2.81. The van der Waals surface area contributed by atoms with E-state index in [0.29, 0.717) is 23.4 Å². The van der Waals surface area contributed by atoms with Gasteiger partial charge >= 0.3 is 25.2 Å². The van der Waals surface area contributed by atoms with E-state index in [1.54, 1.807) is 6.92 Å². The number of nitro groups is 1. The molecule has 33 heavy (non-hydrogen) atoms. The van der Waals surface area contributed by atoms with Crippen LogP contribution in [0.2, 0.25) is 5.02 Å². The van der Waals surface area contributed by atoms with Crippen molar-refractivity contribution >= 4 is 59.1 Å². The standard InChI is InChI=1S/C19H16Cl2F3NO6PS/c1-3-11-6-14(25(27)28)17(32(29)31-10(2)33-18(26)9-20)8-16(11)30-15-5-4-12(7-13(15)21)19(22,23)24/h4-8,10H,3,9H2,1-2H3/q+1. The van der Waals surface area contributed by atoms with Crippen molar-refractivity contribution in [1.29, 1.82) is 0 Å². The van der Waals surface area contributed by atoms with Crippen LogP contribution in [0.3, 0.4) is 0 Å². The SMILES string of the molecule is CCc1cc([N+](=O)[O-])c([P+](=O)OC(C)SC(=O)CCl)cc1Oc1ccc(C(F)(F)F)cc1Cl. The number of hydrogen-bond donors (Lipinski definition) is 0. The van der Waals surface area contributed by atoms with Crippen LogP contribution in [0, 0.1) is 10.1 Å². The molecule has 2 atom stereocenters. The highest BCUT2D eigenvalue weighted by atomic mass is 35.5. The van der Waals surface area contributed by atoms with Crippen LogP contribution >= 0.6 is 43.0 Å². The predicted molar refractivity (Wildman–Crippen MR) is 120 cm³/mol. The summed E-state index contributed by atoms with van der Waals surface area (Å²) in [6.07, 6.45) is -4.35. The summed E-state index contributed by atoms with van der Waals surface area (Å²) < 4.78 is 62.2. The molecule has 2 rings (SSSR count). The summed E-state index contributed by atoms with van der Waals surface area (Å²) in [5, 5.41) is 10.4. The van der Waals surface area contributed by atoms with E-state index in [4.69, 9.17) is 32.5 Å². The lowest BCUT2D eigenvalue weighted by Crippen LogP contribution is -2.12. The Balaban J connectivity index is 2.44. The minimum Gasteiger partial charge on any atom is -0.455 e. The highest BCUT2D eigenvalue weighted by Gasteiger charge is 2.38. The first-order valence-electron chi connectivity index (χ1n) is 9.12. The Morgan fingerprint density at radius 2 is 1.94 bits per heavy atom. The van der Waals surface area contributed by atoms with Gasteiger partial charge in [0.25, 0.3) is 0 Å². The first-order chi connectivity index (χ1) is 15.4. The Bertz CT molecular complexity index is 1090. The number of ether oxygens (including phenoxy) is 1. The lowest BCUT2D eigenvalue weighted by Gasteiger charge is -2.13. The number of carbonyl (C=O) groups is 1. The Morgan fingerprint density at radius 3 is 2.45 bits per heavy atom. The maximum absolute atomic E-state index is 12.9. The van der Waals surface area contributed by atoms with Gasteiger partial charge in [-0.25, -0.2) is 0 Å². The van der Waals surface area contributed by atoms with E-state index < -0.39 is 40.9 Å². The summed E-state index contributed by atoms with van der Waals surface area (Å²) in [6.45, 7) is 3.10. The fourth-order valence-corrected chi connectivity index (χ4v) is 4.76. The lowest BCUT2D eigenvalue weighted by molar-refractivity contribution is -0.383. The van der Waals surface area contributed by atoms with E-state index >= 15 is 0 Å². The highest BCUT2D eigenvalue weighted by molar-refractivity contribution is 8.14. The van der Waals surface area contributed by atoms with Crippen molar-refractivity contribution in [2.24, 2.45) is 0 Å². The number of halogens is 5. The molecule has 2 aromatic rings. The van der Waals surface area contributed by atoms with Gasteiger partial charge in [-0.1, -0.05) is 30.3 Å². The minimum atomic E-state index is -4.60. The number of hydrogen-bond acceptors (Lipinski definition) is 7. The van der Waals surface area contributed by atoms with Crippen molar-refractivity contribution in [3.8, 4) is 11.5 Å². The van der Waals surface area contributed by atoms with Gasteiger partial charge in [0, 0.05) is 17.7 Å². The second kappa shape index (κ2) is 11.5. The second-order valence-electron chi connectivity index (χ2n) is 6.36. The molecule has 0 aliphatic heterocycles. The molecule has 0 saturated carbocycles. The van der Waals surface area contributed by atoms with E-state index in [1.165, 1.54) is 6.92 Å². The van der Waals surface area contributed by atoms with Crippen molar-refractivity contribution < 1.29 is 36.7 Å². The maximum atomic E-state index is 12.9. The van der Waals surface area contributed by atoms with Crippen LogP contribution < -0.4 is 10.0 Å². The third-order valence-corrected chi connectivity index (χ3v) is 7.00. The van der Waals surface area contributed by atoms with Crippen molar-refractivity contribution in [2.75, 3.05) is 5.88 Å². The number of rotatable bonds is 9. The van der Waals surface area contributed by atoms with Crippen molar-refractivity contribution in [1.82, 2.24) is 0 Å². The zero-order chi connectivity index (χ0) is 24.9. The van der Waals surface area contributed by atoms with Crippen LogP contribution in [0.15, 0.2) is 30.3 Å². The van der Waals surface area contributed by atoms with E-state index in [0.717, 1.165) is 24.3 Å². The van der Waals surface area contributed by atoms with Gasteiger partial charge in [0.05, 0.1) is 21.4 Å². The average Bonchev–Trinajstić information content (AvgIpc) is 2.73. The Labute approximate surface area is 201 Å². The van der Waals surface area contributed by atoms with Gasteiger partial charge in [0.2, 0.25) is 5.12 Å². The van der Waals surface area contributed by atoms with Gasteiger partial charge in [0.1, 0.15) is 11.5 Å². The molecule has 0 aliphatic carbocycles. The molecular weight excluding hydrogens is 529 g/mol. The smallest absolute Gasteiger partial charge is 0.455 e. The zero-order valence-electron chi connectivity index (χ0n) is 17.0. The van der Waals surface area contributed by atoms with E-state index in [-0.39, 0.29) is 34.1 Å². The summed E-state index contributed by atoms with van der Waals surface area (Å²) >= 11 is 12.0. The molecule has 7 nitrogen and oxygen atoms in total. The largest absolute Gasteiger partial charge is 0.557 e. The van der Waals surface area contributed by atoms with E-state index in [9.17, 15) is 32.6 Å². The summed E-state index contributed by atoms with van der Waals surface area (Å²) in [4.78, 5) is 22.2. The number of aryl methyl sites for hydroxylation is 1. The van der Waals surface area contributed by atoms with Gasteiger partial charge in [-0.3, -0.25) is 14.9 Å². The summed E-state index contributed by atoms with van der Waals surface area (Å²) in [5.41, 5.74) is -2.07. The Hall–Kier alpha value is -1.91. The molecule has 0 saturated heterocycles. The average molecular weight is 545 g/mol. The quantitative estimate of drug-likeness (QED) is 0.112. The fraction of sp³-hybridized carbons (Fsp3) is 0.316. The zero-order valence-corrected chi connectivity index (χ0v) is 20.2. The van der Waals surface area contributed by atoms with Crippen molar-refractivity contribution in [2.45, 2.75) is 31.9 Å². The molecule has 0 fully saturated rings. The highest BCUT2D eigenvalue weighted by Crippen LogP contribution is 2.40. The Morgan fingerprint density at radius 1 is 1.27 bits per heavy atom. The normalized spacial score (nSPS) is 12.9. The third-order valence-electron chi connectivity index (χ3n) is 4.06. The maximum Gasteiger partial charge on any atom is 0.557 e. The van der Waals surface area contributed by atoms with E-state index in [2.05, 4.69) is 0 Å². The molecule has 0 radical (unpaired) electrons. The van der Waals surface area contributed by atoms with Gasteiger partial charge in [0.15, 0.2) is 5.44 Å². The molecule has 178 valence electrons. The molecule has 2 unspecified atom stereocenters. The van der Waals surface area contributed by atoms with Gasteiger partial charge in [-0.05, 0) is 36.1 Å².